The monoisotopic (exact) mass is 235 g/mol. The van der Waals surface area contributed by atoms with Gasteiger partial charge < -0.3 is 10.2 Å². The number of rotatable bonds is 3. The minimum atomic E-state index is -0.257. The second kappa shape index (κ2) is 5.19. The predicted molar refractivity (Wildman–Crippen MR) is 63.0 cm³/mol. The lowest BCUT2D eigenvalue weighted by atomic mass is 10.3. The SMILES string of the molecule is C#CC(=O)N1CCN(CC(=O)NC2CC2)CC1. The average Bonchev–Trinajstić information content (AvgIpc) is 3.12. The summed E-state index contributed by atoms with van der Waals surface area (Å²) >= 11 is 0. The first-order valence-electron chi connectivity index (χ1n) is 5.96. The van der Waals surface area contributed by atoms with Crippen molar-refractivity contribution in [2.45, 2.75) is 18.9 Å². The van der Waals surface area contributed by atoms with Crippen LogP contribution in [0.5, 0.6) is 0 Å². The molecule has 0 aromatic heterocycles. The first-order valence-corrected chi connectivity index (χ1v) is 5.96. The molecule has 0 bridgehead atoms. The molecule has 1 saturated carbocycles. The number of carbonyl (C=O) groups is 2. The van der Waals surface area contributed by atoms with Crippen molar-refractivity contribution < 1.29 is 9.59 Å². The second-order valence-corrected chi connectivity index (χ2v) is 4.55. The third kappa shape index (κ3) is 3.46. The van der Waals surface area contributed by atoms with Crippen molar-refractivity contribution in [2.24, 2.45) is 0 Å². The topological polar surface area (TPSA) is 52.7 Å². The molecule has 17 heavy (non-hydrogen) atoms. The molecular formula is C12H17N3O2. The Bertz CT molecular complexity index is 349. The van der Waals surface area contributed by atoms with E-state index in [-0.39, 0.29) is 11.8 Å². The van der Waals surface area contributed by atoms with Crippen LogP contribution in [0.25, 0.3) is 0 Å². The molecule has 1 aliphatic heterocycles. The Balaban J connectivity index is 1.69. The van der Waals surface area contributed by atoms with Gasteiger partial charge in [0, 0.05) is 32.2 Å². The van der Waals surface area contributed by atoms with E-state index in [1.54, 1.807) is 4.90 Å². The molecule has 0 aromatic rings. The van der Waals surface area contributed by atoms with E-state index < -0.39 is 0 Å². The molecule has 2 rings (SSSR count). The molecule has 1 heterocycles. The first-order chi connectivity index (χ1) is 8.19. The molecule has 1 aliphatic carbocycles. The highest BCUT2D eigenvalue weighted by Crippen LogP contribution is 2.18. The van der Waals surface area contributed by atoms with Gasteiger partial charge in [0.1, 0.15) is 0 Å². The number of hydrogen-bond donors (Lipinski definition) is 1. The summed E-state index contributed by atoms with van der Waals surface area (Å²) in [5.41, 5.74) is 0. The van der Waals surface area contributed by atoms with Crippen LogP contribution in [-0.2, 0) is 9.59 Å². The quantitative estimate of drug-likeness (QED) is 0.641. The number of nitrogens with zero attached hydrogens (tertiary/aromatic N) is 2. The zero-order valence-corrected chi connectivity index (χ0v) is 9.82. The smallest absolute Gasteiger partial charge is 0.298 e. The van der Waals surface area contributed by atoms with Gasteiger partial charge in [-0.2, -0.15) is 0 Å². The molecule has 1 N–H and O–H groups in total. The highest BCUT2D eigenvalue weighted by atomic mass is 16.2. The second-order valence-electron chi connectivity index (χ2n) is 4.55. The standard InChI is InChI=1S/C12H17N3O2/c1-2-12(17)15-7-5-14(6-8-15)9-11(16)13-10-3-4-10/h1,10H,3-9H2,(H,13,16). The van der Waals surface area contributed by atoms with Crippen LogP contribution >= 0.6 is 0 Å². The Morgan fingerprint density at radius 3 is 2.41 bits per heavy atom. The summed E-state index contributed by atoms with van der Waals surface area (Å²) < 4.78 is 0. The van der Waals surface area contributed by atoms with Crippen molar-refractivity contribution in [3.63, 3.8) is 0 Å². The zero-order chi connectivity index (χ0) is 12.3. The van der Waals surface area contributed by atoms with E-state index in [4.69, 9.17) is 6.42 Å². The van der Waals surface area contributed by atoms with Crippen molar-refractivity contribution in [1.82, 2.24) is 15.1 Å². The van der Waals surface area contributed by atoms with Crippen LogP contribution in [0.2, 0.25) is 0 Å². The van der Waals surface area contributed by atoms with Gasteiger partial charge in [-0.1, -0.05) is 0 Å². The molecule has 2 amide bonds. The Hall–Kier alpha value is -1.54. The largest absolute Gasteiger partial charge is 0.352 e. The van der Waals surface area contributed by atoms with Gasteiger partial charge >= 0.3 is 0 Å². The average molecular weight is 235 g/mol. The fourth-order valence-electron chi connectivity index (χ4n) is 1.90. The van der Waals surface area contributed by atoms with Gasteiger partial charge in [0.15, 0.2) is 0 Å². The summed E-state index contributed by atoms with van der Waals surface area (Å²) in [5, 5.41) is 2.95. The van der Waals surface area contributed by atoms with Crippen molar-refractivity contribution in [3.8, 4) is 12.3 Å². The molecule has 0 unspecified atom stereocenters. The summed E-state index contributed by atoms with van der Waals surface area (Å²) in [5.74, 6) is 1.94. The van der Waals surface area contributed by atoms with Crippen LogP contribution in [0.1, 0.15) is 12.8 Å². The minimum absolute atomic E-state index is 0.0872. The fourth-order valence-corrected chi connectivity index (χ4v) is 1.90. The molecule has 0 aromatic carbocycles. The number of hydrogen-bond acceptors (Lipinski definition) is 3. The molecule has 2 aliphatic rings. The van der Waals surface area contributed by atoms with Crippen molar-refractivity contribution in [3.05, 3.63) is 0 Å². The van der Waals surface area contributed by atoms with Crippen LogP contribution in [0.3, 0.4) is 0 Å². The van der Waals surface area contributed by atoms with Gasteiger partial charge in [-0.3, -0.25) is 14.5 Å². The molecule has 0 spiro atoms. The number of carbonyl (C=O) groups excluding carboxylic acids is 2. The van der Waals surface area contributed by atoms with Gasteiger partial charge in [-0.25, -0.2) is 0 Å². The normalized spacial score (nSPS) is 20.8. The molecular weight excluding hydrogens is 218 g/mol. The third-order valence-electron chi connectivity index (χ3n) is 3.09. The van der Waals surface area contributed by atoms with E-state index in [0.29, 0.717) is 38.8 Å². The molecule has 1 saturated heterocycles. The van der Waals surface area contributed by atoms with E-state index >= 15 is 0 Å². The van der Waals surface area contributed by atoms with Gasteiger partial charge in [0.05, 0.1) is 6.54 Å². The first kappa shape index (κ1) is 11.9. The van der Waals surface area contributed by atoms with Gasteiger partial charge in [-0.15, -0.1) is 6.42 Å². The third-order valence-corrected chi connectivity index (χ3v) is 3.09. The summed E-state index contributed by atoms with van der Waals surface area (Å²) in [7, 11) is 0. The Labute approximate surface area is 101 Å². The van der Waals surface area contributed by atoms with Gasteiger partial charge in [0.2, 0.25) is 5.91 Å². The van der Waals surface area contributed by atoms with Crippen molar-refractivity contribution in [2.75, 3.05) is 32.7 Å². The number of amides is 2. The summed E-state index contributed by atoms with van der Waals surface area (Å²) in [6.07, 6.45) is 7.28. The molecule has 5 nitrogen and oxygen atoms in total. The molecule has 92 valence electrons. The lowest BCUT2D eigenvalue weighted by Gasteiger charge is -2.33. The highest BCUT2D eigenvalue weighted by molar-refractivity contribution is 5.92. The summed E-state index contributed by atoms with van der Waals surface area (Å²) in [6.45, 7) is 3.07. The highest BCUT2D eigenvalue weighted by Gasteiger charge is 2.25. The van der Waals surface area contributed by atoms with Gasteiger partial charge in [0.25, 0.3) is 5.91 Å². The maximum absolute atomic E-state index is 11.6. The van der Waals surface area contributed by atoms with Crippen LogP contribution in [0.4, 0.5) is 0 Å². The predicted octanol–water partition coefficient (Wildman–Crippen LogP) is -0.958. The van der Waals surface area contributed by atoms with Crippen LogP contribution in [0.15, 0.2) is 0 Å². The van der Waals surface area contributed by atoms with Crippen molar-refractivity contribution >= 4 is 11.8 Å². The maximum Gasteiger partial charge on any atom is 0.298 e. The van der Waals surface area contributed by atoms with Crippen LogP contribution in [-0.4, -0.2) is 60.4 Å². The molecule has 2 fully saturated rings. The van der Waals surface area contributed by atoms with E-state index in [9.17, 15) is 9.59 Å². The number of terminal acetylenes is 1. The summed E-state index contributed by atoms with van der Waals surface area (Å²) in [4.78, 5) is 26.5. The van der Waals surface area contributed by atoms with E-state index in [1.807, 2.05) is 0 Å². The minimum Gasteiger partial charge on any atom is -0.352 e. The maximum atomic E-state index is 11.6. The van der Waals surface area contributed by atoms with E-state index in [0.717, 1.165) is 12.8 Å². The Kier molecular flexibility index (Phi) is 3.64. The van der Waals surface area contributed by atoms with Gasteiger partial charge in [-0.05, 0) is 18.8 Å². The fraction of sp³-hybridized carbons (Fsp3) is 0.667. The lowest BCUT2D eigenvalue weighted by Crippen LogP contribution is -2.51. The zero-order valence-electron chi connectivity index (χ0n) is 9.82. The van der Waals surface area contributed by atoms with E-state index in [2.05, 4.69) is 16.1 Å². The molecule has 0 atom stereocenters. The molecule has 0 radical (unpaired) electrons. The molecule has 5 heteroatoms. The Morgan fingerprint density at radius 1 is 1.24 bits per heavy atom. The van der Waals surface area contributed by atoms with Crippen molar-refractivity contribution in [1.29, 1.82) is 0 Å². The number of nitrogens with one attached hydrogen (secondary N) is 1. The van der Waals surface area contributed by atoms with E-state index in [1.165, 1.54) is 0 Å². The van der Waals surface area contributed by atoms with Crippen LogP contribution < -0.4 is 5.32 Å². The van der Waals surface area contributed by atoms with Crippen LogP contribution in [0, 0.1) is 12.3 Å². The number of piperazine rings is 1. The lowest BCUT2D eigenvalue weighted by molar-refractivity contribution is -0.127. The summed E-state index contributed by atoms with van der Waals surface area (Å²) in [6, 6.07) is 0.409. The Morgan fingerprint density at radius 2 is 1.88 bits per heavy atom.